The van der Waals surface area contributed by atoms with Crippen LogP contribution in [-0.4, -0.2) is 53.8 Å². The molecule has 4 nitrogen and oxygen atoms in total. The van der Waals surface area contributed by atoms with E-state index in [4.69, 9.17) is 5.26 Å². The van der Waals surface area contributed by atoms with Gasteiger partial charge in [-0.25, -0.2) is 0 Å². The van der Waals surface area contributed by atoms with Gasteiger partial charge in [-0.15, -0.1) is 0 Å². The fourth-order valence-electron chi connectivity index (χ4n) is 2.05. The maximum Gasteiger partial charge on any atom is 0.233 e. The van der Waals surface area contributed by atoms with Gasteiger partial charge in [-0.1, -0.05) is 15.9 Å². The molecule has 1 amide bonds. The third kappa shape index (κ3) is 3.76. The number of amides is 1. The molecule has 0 spiro atoms. The number of carbonyl (C=O) groups is 1. The van der Waals surface area contributed by atoms with E-state index < -0.39 is 0 Å². The summed E-state index contributed by atoms with van der Waals surface area (Å²) in [4.78, 5) is 15.6. The Bertz CT molecular complexity index is 269. The molecule has 5 heteroatoms. The number of nitriles is 1. The van der Waals surface area contributed by atoms with E-state index in [1.54, 1.807) is 0 Å². The molecule has 0 unspecified atom stereocenters. The van der Waals surface area contributed by atoms with E-state index >= 15 is 0 Å². The van der Waals surface area contributed by atoms with E-state index in [1.807, 2.05) is 4.90 Å². The van der Waals surface area contributed by atoms with Crippen molar-refractivity contribution in [1.82, 2.24) is 9.80 Å². The summed E-state index contributed by atoms with van der Waals surface area (Å²) < 4.78 is 0. The minimum atomic E-state index is 0.179. The van der Waals surface area contributed by atoms with Gasteiger partial charge in [0, 0.05) is 32.1 Å². The molecule has 0 aliphatic carbocycles. The van der Waals surface area contributed by atoms with Crippen LogP contribution in [0.1, 0.15) is 19.3 Å². The van der Waals surface area contributed by atoms with Gasteiger partial charge in [0.05, 0.1) is 11.4 Å². The van der Waals surface area contributed by atoms with Gasteiger partial charge in [0.15, 0.2) is 0 Å². The highest BCUT2D eigenvalue weighted by atomic mass is 79.9. The van der Waals surface area contributed by atoms with Crippen molar-refractivity contribution in [3.63, 3.8) is 0 Å². The fraction of sp³-hybridized carbons (Fsp3) is 0.818. The first-order valence-electron chi connectivity index (χ1n) is 5.60. The Hall–Kier alpha value is -0.600. The van der Waals surface area contributed by atoms with Crippen molar-refractivity contribution in [3.05, 3.63) is 0 Å². The number of halogens is 1. The number of hydrogen-bond donors (Lipinski definition) is 0. The summed E-state index contributed by atoms with van der Waals surface area (Å²) in [5.74, 6) is 0.179. The lowest BCUT2D eigenvalue weighted by molar-refractivity contribution is -0.129. The largest absolute Gasteiger partial charge is 0.342 e. The Morgan fingerprint density at radius 3 is 2.69 bits per heavy atom. The van der Waals surface area contributed by atoms with Gasteiger partial charge in [-0.2, -0.15) is 5.26 Å². The van der Waals surface area contributed by atoms with E-state index in [9.17, 15) is 4.79 Å². The predicted molar refractivity (Wildman–Crippen MR) is 66.3 cm³/mol. The first kappa shape index (κ1) is 13.5. The van der Waals surface area contributed by atoms with Crippen molar-refractivity contribution in [2.24, 2.45) is 0 Å². The van der Waals surface area contributed by atoms with Crippen LogP contribution in [-0.2, 0) is 4.79 Å². The summed E-state index contributed by atoms with van der Waals surface area (Å²) in [6.07, 6.45) is 2.61. The summed E-state index contributed by atoms with van der Waals surface area (Å²) in [6.45, 7) is 2.51. The van der Waals surface area contributed by atoms with E-state index in [1.165, 1.54) is 0 Å². The van der Waals surface area contributed by atoms with Gasteiger partial charge in [-0.3, -0.25) is 4.79 Å². The highest BCUT2D eigenvalue weighted by Gasteiger charge is 2.24. The summed E-state index contributed by atoms with van der Waals surface area (Å²) in [5, 5.41) is 8.94. The monoisotopic (exact) mass is 287 g/mol. The Morgan fingerprint density at radius 2 is 2.19 bits per heavy atom. The molecule has 0 atom stereocenters. The van der Waals surface area contributed by atoms with Crippen LogP contribution in [0.25, 0.3) is 0 Å². The lowest BCUT2D eigenvalue weighted by Gasteiger charge is -2.36. The molecule has 0 radical (unpaired) electrons. The van der Waals surface area contributed by atoms with Crippen LogP contribution in [0.3, 0.4) is 0 Å². The molecular formula is C11H18BrN3O. The molecular weight excluding hydrogens is 270 g/mol. The zero-order valence-corrected chi connectivity index (χ0v) is 11.2. The van der Waals surface area contributed by atoms with E-state index in [0.29, 0.717) is 17.8 Å². The Labute approximate surface area is 105 Å². The van der Waals surface area contributed by atoms with Crippen molar-refractivity contribution in [3.8, 4) is 6.07 Å². The number of nitrogens with zero attached hydrogens (tertiary/aromatic N) is 3. The Balaban J connectivity index is 2.31. The number of alkyl halides is 1. The maximum atomic E-state index is 11.4. The lowest BCUT2D eigenvalue weighted by atomic mass is 10.0. The third-order valence-corrected chi connectivity index (χ3v) is 3.61. The number of rotatable bonds is 4. The highest BCUT2D eigenvalue weighted by Crippen LogP contribution is 2.15. The van der Waals surface area contributed by atoms with Crippen LogP contribution in [0.4, 0.5) is 0 Å². The maximum absolute atomic E-state index is 11.4. The number of likely N-dealkylation sites (tertiary alicyclic amines) is 1. The molecule has 0 aromatic carbocycles. The molecule has 0 aromatic rings. The third-order valence-electron chi connectivity index (χ3n) is 3.13. The van der Waals surface area contributed by atoms with Gasteiger partial charge in [0.25, 0.3) is 0 Å². The van der Waals surface area contributed by atoms with Gasteiger partial charge in [-0.05, 0) is 19.9 Å². The number of piperidine rings is 1. The zero-order chi connectivity index (χ0) is 12.0. The first-order chi connectivity index (χ1) is 7.69. The quantitative estimate of drug-likeness (QED) is 0.731. The minimum absolute atomic E-state index is 0.179. The molecule has 1 saturated heterocycles. The normalized spacial score (nSPS) is 17.5. The molecule has 1 rings (SSSR count). The van der Waals surface area contributed by atoms with Gasteiger partial charge in [0.2, 0.25) is 5.91 Å². The molecule has 1 heterocycles. The molecule has 16 heavy (non-hydrogen) atoms. The summed E-state index contributed by atoms with van der Waals surface area (Å²) >= 11 is 3.19. The predicted octanol–water partition coefficient (Wildman–Crippen LogP) is 1.22. The summed E-state index contributed by atoms with van der Waals surface area (Å²) in [7, 11) is 2.06. The molecule has 0 bridgehead atoms. The van der Waals surface area contributed by atoms with Gasteiger partial charge >= 0.3 is 0 Å². The van der Waals surface area contributed by atoms with Crippen LogP contribution >= 0.6 is 15.9 Å². The second-order valence-corrected chi connectivity index (χ2v) is 4.70. The Kier molecular flexibility index (Phi) is 5.78. The van der Waals surface area contributed by atoms with E-state index in [2.05, 4.69) is 33.9 Å². The molecule has 1 fully saturated rings. The van der Waals surface area contributed by atoms with Crippen LogP contribution < -0.4 is 0 Å². The fourth-order valence-corrected chi connectivity index (χ4v) is 2.40. The highest BCUT2D eigenvalue weighted by molar-refractivity contribution is 9.09. The molecule has 1 aliphatic heterocycles. The van der Waals surface area contributed by atoms with E-state index in [0.717, 1.165) is 32.5 Å². The first-order valence-corrected chi connectivity index (χ1v) is 6.72. The lowest BCUT2D eigenvalue weighted by Crippen LogP contribution is -2.46. The van der Waals surface area contributed by atoms with Crippen LogP contribution in [0.2, 0.25) is 0 Å². The number of carbonyl (C=O) groups excluding carboxylic acids is 1. The molecule has 1 aliphatic rings. The minimum Gasteiger partial charge on any atom is -0.342 e. The van der Waals surface area contributed by atoms with Crippen LogP contribution in [0.15, 0.2) is 0 Å². The van der Waals surface area contributed by atoms with Crippen molar-refractivity contribution in [2.75, 3.05) is 32.0 Å². The van der Waals surface area contributed by atoms with Crippen molar-refractivity contribution in [2.45, 2.75) is 25.3 Å². The SMILES string of the molecule is CN(CCC#N)C1CCN(C(=O)CBr)CC1. The van der Waals surface area contributed by atoms with Crippen LogP contribution in [0, 0.1) is 11.3 Å². The Morgan fingerprint density at radius 1 is 1.56 bits per heavy atom. The van der Waals surface area contributed by atoms with Crippen molar-refractivity contribution >= 4 is 21.8 Å². The van der Waals surface area contributed by atoms with Gasteiger partial charge in [0.1, 0.15) is 0 Å². The smallest absolute Gasteiger partial charge is 0.233 e. The molecule has 90 valence electrons. The van der Waals surface area contributed by atoms with E-state index in [-0.39, 0.29) is 5.91 Å². The van der Waals surface area contributed by atoms with Crippen molar-refractivity contribution in [1.29, 1.82) is 5.26 Å². The standard InChI is InChI=1S/C11H18BrN3O/c1-14(6-2-5-13)10-3-7-15(8-4-10)11(16)9-12/h10H,2-4,6-9H2,1H3. The zero-order valence-electron chi connectivity index (χ0n) is 9.65. The topological polar surface area (TPSA) is 47.3 Å². The number of hydrogen-bond acceptors (Lipinski definition) is 3. The second kappa shape index (κ2) is 6.87. The van der Waals surface area contributed by atoms with Crippen LogP contribution in [0.5, 0.6) is 0 Å². The molecule has 0 N–H and O–H groups in total. The molecule has 0 aromatic heterocycles. The van der Waals surface area contributed by atoms with Gasteiger partial charge < -0.3 is 9.80 Å². The van der Waals surface area contributed by atoms with Crippen molar-refractivity contribution < 1.29 is 4.79 Å². The average molecular weight is 288 g/mol. The average Bonchev–Trinajstić information content (AvgIpc) is 2.35. The second-order valence-electron chi connectivity index (χ2n) is 4.13. The summed E-state index contributed by atoms with van der Waals surface area (Å²) in [6, 6.07) is 2.68. The molecule has 0 saturated carbocycles. The summed E-state index contributed by atoms with van der Waals surface area (Å²) in [5.41, 5.74) is 0.